The predicted molar refractivity (Wildman–Crippen MR) is 86.1 cm³/mol. The third kappa shape index (κ3) is 4.28. The number of aromatic nitrogens is 3. The van der Waals surface area contributed by atoms with Crippen LogP contribution >= 0.6 is 11.6 Å². The SMILES string of the molecule is CN=C(NCc1nnc2c(Cl)cc(C(F)(F)F)cn12)NC(C)(C)C. The zero-order valence-corrected chi connectivity index (χ0v) is 14.4. The van der Waals surface area contributed by atoms with Gasteiger partial charge in [-0.15, -0.1) is 10.2 Å². The molecule has 0 aliphatic carbocycles. The van der Waals surface area contributed by atoms with Crippen molar-refractivity contribution < 1.29 is 13.2 Å². The van der Waals surface area contributed by atoms with Crippen molar-refractivity contribution in [1.82, 2.24) is 25.2 Å². The molecule has 0 saturated carbocycles. The van der Waals surface area contributed by atoms with Crippen LogP contribution in [0.2, 0.25) is 5.02 Å². The third-order valence-corrected chi connectivity index (χ3v) is 3.27. The molecule has 2 N–H and O–H groups in total. The third-order valence-electron chi connectivity index (χ3n) is 2.99. The number of hydrogen-bond acceptors (Lipinski definition) is 3. The maximum atomic E-state index is 12.9. The first-order valence-corrected chi connectivity index (χ1v) is 7.48. The molecule has 0 fully saturated rings. The maximum Gasteiger partial charge on any atom is 0.417 e. The molecule has 24 heavy (non-hydrogen) atoms. The maximum absolute atomic E-state index is 12.9. The standard InChI is InChI=1S/C14H18ClF3N6/c1-13(2,3)21-12(19-4)20-6-10-22-23-11-9(15)5-8(7-24(10)11)14(16,17)18/h5,7H,6H2,1-4H3,(H2,19,20,21). The van der Waals surface area contributed by atoms with Crippen molar-refractivity contribution in [2.24, 2.45) is 4.99 Å². The first-order chi connectivity index (χ1) is 11.0. The number of pyridine rings is 1. The van der Waals surface area contributed by atoms with E-state index in [-0.39, 0.29) is 28.6 Å². The molecule has 2 rings (SSSR count). The van der Waals surface area contributed by atoms with Crippen molar-refractivity contribution in [3.8, 4) is 0 Å². The fourth-order valence-electron chi connectivity index (χ4n) is 1.97. The number of fused-ring (bicyclic) bond motifs is 1. The fourth-order valence-corrected chi connectivity index (χ4v) is 2.22. The predicted octanol–water partition coefficient (Wildman–Crippen LogP) is 2.87. The molecule has 0 aliphatic heterocycles. The number of nitrogens with one attached hydrogen (secondary N) is 2. The van der Waals surface area contributed by atoms with Gasteiger partial charge in [0, 0.05) is 18.8 Å². The lowest BCUT2D eigenvalue weighted by molar-refractivity contribution is -0.137. The van der Waals surface area contributed by atoms with Gasteiger partial charge in [-0.25, -0.2) is 0 Å². The van der Waals surface area contributed by atoms with Crippen LogP contribution in [-0.2, 0) is 12.7 Å². The van der Waals surface area contributed by atoms with Gasteiger partial charge in [-0.1, -0.05) is 11.6 Å². The normalized spacial score (nSPS) is 13.4. The van der Waals surface area contributed by atoms with Gasteiger partial charge in [-0.3, -0.25) is 9.39 Å². The summed E-state index contributed by atoms with van der Waals surface area (Å²) in [7, 11) is 1.60. The number of aliphatic imine (C=N–C) groups is 1. The van der Waals surface area contributed by atoms with Crippen molar-refractivity contribution in [2.75, 3.05) is 7.05 Å². The van der Waals surface area contributed by atoms with Crippen LogP contribution in [0.25, 0.3) is 5.65 Å². The molecule has 2 heterocycles. The molecule has 2 aromatic heterocycles. The van der Waals surface area contributed by atoms with E-state index in [4.69, 9.17) is 11.6 Å². The van der Waals surface area contributed by atoms with Crippen LogP contribution in [0.15, 0.2) is 17.3 Å². The Morgan fingerprint density at radius 3 is 2.50 bits per heavy atom. The minimum absolute atomic E-state index is 0.110. The molecule has 0 aromatic carbocycles. The van der Waals surface area contributed by atoms with Crippen LogP contribution in [0.4, 0.5) is 13.2 Å². The Bertz CT molecular complexity index is 760. The van der Waals surface area contributed by atoms with E-state index >= 15 is 0 Å². The molecule has 2 aromatic rings. The molecule has 0 unspecified atom stereocenters. The summed E-state index contributed by atoms with van der Waals surface area (Å²) in [5, 5.41) is 13.7. The molecule has 0 radical (unpaired) electrons. The van der Waals surface area contributed by atoms with Gasteiger partial charge < -0.3 is 10.6 Å². The van der Waals surface area contributed by atoms with Crippen molar-refractivity contribution in [3.63, 3.8) is 0 Å². The van der Waals surface area contributed by atoms with Crippen molar-refractivity contribution in [2.45, 2.75) is 39.0 Å². The molecule has 0 bridgehead atoms. The summed E-state index contributed by atoms with van der Waals surface area (Å²) in [5.41, 5.74) is -0.917. The molecule has 0 spiro atoms. The van der Waals surface area contributed by atoms with E-state index in [0.29, 0.717) is 5.96 Å². The van der Waals surface area contributed by atoms with Gasteiger partial charge in [0.05, 0.1) is 17.1 Å². The zero-order valence-electron chi connectivity index (χ0n) is 13.7. The lowest BCUT2D eigenvalue weighted by atomic mass is 10.1. The Morgan fingerprint density at radius 2 is 1.96 bits per heavy atom. The number of rotatable bonds is 2. The monoisotopic (exact) mass is 362 g/mol. The molecule has 0 aliphatic rings. The van der Waals surface area contributed by atoms with Gasteiger partial charge in [-0.2, -0.15) is 13.2 Å². The van der Waals surface area contributed by atoms with Gasteiger partial charge in [0.2, 0.25) is 0 Å². The van der Waals surface area contributed by atoms with Crippen molar-refractivity contribution in [3.05, 3.63) is 28.7 Å². The summed E-state index contributed by atoms with van der Waals surface area (Å²) < 4.78 is 40.0. The molecule has 0 atom stereocenters. The van der Waals surface area contributed by atoms with Gasteiger partial charge in [0.25, 0.3) is 0 Å². The van der Waals surface area contributed by atoms with Crippen LogP contribution < -0.4 is 10.6 Å². The van der Waals surface area contributed by atoms with Crippen LogP contribution in [0.1, 0.15) is 32.2 Å². The average molecular weight is 363 g/mol. The highest BCUT2D eigenvalue weighted by atomic mass is 35.5. The summed E-state index contributed by atoms with van der Waals surface area (Å²) in [5.74, 6) is 0.784. The first-order valence-electron chi connectivity index (χ1n) is 7.10. The lowest BCUT2D eigenvalue weighted by Gasteiger charge is -2.23. The van der Waals surface area contributed by atoms with E-state index in [1.165, 1.54) is 4.40 Å². The summed E-state index contributed by atoms with van der Waals surface area (Å²) in [6.45, 7) is 6.01. The number of guanidine groups is 1. The topological polar surface area (TPSA) is 66.6 Å². The van der Waals surface area contributed by atoms with Gasteiger partial charge in [0.1, 0.15) is 0 Å². The smallest absolute Gasteiger partial charge is 0.352 e. The van der Waals surface area contributed by atoms with Gasteiger partial charge in [-0.05, 0) is 26.8 Å². The molecule has 132 valence electrons. The zero-order chi connectivity index (χ0) is 18.1. The van der Waals surface area contributed by atoms with Crippen molar-refractivity contribution >= 4 is 23.2 Å². The Morgan fingerprint density at radius 1 is 1.29 bits per heavy atom. The highest BCUT2D eigenvalue weighted by Gasteiger charge is 2.32. The average Bonchev–Trinajstić information content (AvgIpc) is 2.85. The van der Waals surface area contributed by atoms with E-state index in [9.17, 15) is 13.2 Å². The Kier molecular flexibility index (Phi) is 4.93. The molecule has 6 nitrogen and oxygen atoms in total. The van der Waals surface area contributed by atoms with E-state index in [0.717, 1.165) is 12.3 Å². The highest BCUT2D eigenvalue weighted by Crippen LogP contribution is 2.32. The first kappa shape index (κ1) is 18.3. The fraction of sp³-hybridized carbons (Fsp3) is 0.500. The van der Waals surface area contributed by atoms with Crippen LogP contribution in [-0.4, -0.2) is 33.1 Å². The van der Waals surface area contributed by atoms with E-state index in [1.807, 2.05) is 20.8 Å². The summed E-state index contributed by atoms with van der Waals surface area (Å²) >= 11 is 5.88. The van der Waals surface area contributed by atoms with Crippen LogP contribution in [0.3, 0.4) is 0 Å². The Balaban J connectivity index is 2.28. The summed E-state index contributed by atoms with van der Waals surface area (Å²) in [6.07, 6.45) is -3.57. The second kappa shape index (κ2) is 6.46. The number of halogens is 4. The molecular weight excluding hydrogens is 345 g/mol. The highest BCUT2D eigenvalue weighted by molar-refractivity contribution is 6.33. The number of nitrogens with zero attached hydrogens (tertiary/aromatic N) is 4. The van der Waals surface area contributed by atoms with E-state index in [1.54, 1.807) is 7.05 Å². The summed E-state index contributed by atoms with van der Waals surface area (Å²) in [6, 6.07) is 0.836. The minimum Gasteiger partial charge on any atom is -0.352 e. The van der Waals surface area contributed by atoms with Gasteiger partial charge >= 0.3 is 6.18 Å². The molecule has 0 saturated heterocycles. The van der Waals surface area contributed by atoms with E-state index in [2.05, 4.69) is 25.8 Å². The molecular formula is C14H18ClF3N6. The summed E-state index contributed by atoms with van der Waals surface area (Å²) in [4.78, 5) is 4.06. The van der Waals surface area contributed by atoms with Crippen molar-refractivity contribution in [1.29, 1.82) is 0 Å². The van der Waals surface area contributed by atoms with Gasteiger partial charge in [0.15, 0.2) is 17.4 Å². The second-order valence-electron chi connectivity index (χ2n) is 6.19. The number of alkyl halides is 3. The van der Waals surface area contributed by atoms with E-state index < -0.39 is 11.7 Å². The van der Waals surface area contributed by atoms with Crippen LogP contribution in [0.5, 0.6) is 0 Å². The lowest BCUT2D eigenvalue weighted by Crippen LogP contribution is -2.47. The second-order valence-corrected chi connectivity index (χ2v) is 6.59. The van der Waals surface area contributed by atoms with Crippen LogP contribution in [0, 0.1) is 0 Å². The minimum atomic E-state index is -4.50. The Labute approximate surface area is 142 Å². The Hall–Kier alpha value is -2.03. The largest absolute Gasteiger partial charge is 0.417 e. The molecule has 0 amide bonds. The quantitative estimate of drug-likeness (QED) is 0.637. The number of hydrogen-bond donors (Lipinski definition) is 2. The molecule has 10 heteroatoms.